The topological polar surface area (TPSA) is 87.7 Å². The Balaban J connectivity index is 1.74. The van der Waals surface area contributed by atoms with Gasteiger partial charge in [-0.1, -0.05) is 48.5 Å². The number of anilines is 2. The number of carbonyl (C=O) groups is 2. The lowest BCUT2D eigenvalue weighted by Crippen LogP contribution is -2.07. The quantitative estimate of drug-likeness (QED) is 0.297. The van der Waals surface area contributed by atoms with E-state index in [0.29, 0.717) is 39.4 Å². The molecule has 0 heterocycles. The number of ether oxygens (including phenoxy) is 1. The van der Waals surface area contributed by atoms with Crippen LogP contribution in [0.4, 0.5) is 15.8 Å². The van der Waals surface area contributed by atoms with Gasteiger partial charge in [0.15, 0.2) is 5.75 Å². The molecule has 0 aliphatic heterocycles. The number of rotatable bonds is 6. The largest absolute Gasteiger partial charge is 0.507 e. The predicted molar refractivity (Wildman–Crippen MR) is 134 cm³/mol. The number of benzene rings is 4. The molecule has 6 nitrogen and oxygen atoms in total. The lowest BCUT2D eigenvalue weighted by atomic mass is 9.96. The second-order valence-electron chi connectivity index (χ2n) is 7.88. The fraction of sp³-hybridized carbons (Fsp3) is 0.0714. The van der Waals surface area contributed by atoms with Crippen LogP contribution in [0.1, 0.15) is 13.8 Å². The minimum atomic E-state index is -0.610. The van der Waals surface area contributed by atoms with Gasteiger partial charge in [0.1, 0.15) is 17.3 Å². The van der Waals surface area contributed by atoms with Crippen molar-refractivity contribution in [1.82, 2.24) is 0 Å². The van der Waals surface area contributed by atoms with Crippen LogP contribution in [0.25, 0.3) is 22.3 Å². The van der Waals surface area contributed by atoms with E-state index in [1.165, 1.54) is 26.0 Å². The Morgan fingerprint density at radius 1 is 0.743 bits per heavy atom. The van der Waals surface area contributed by atoms with E-state index >= 15 is 0 Å². The molecule has 0 radical (unpaired) electrons. The van der Waals surface area contributed by atoms with Gasteiger partial charge in [0, 0.05) is 25.0 Å². The van der Waals surface area contributed by atoms with Gasteiger partial charge in [-0.3, -0.25) is 9.59 Å². The van der Waals surface area contributed by atoms with Crippen molar-refractivity contribution in [3.63, 3.8) is 0 Å². The van der Waals surface area contributed by atoms with Crippen LogP contribution in [-0.2, 0) is 9.59 Å². The van der Waals surface area contributed by atoms with Crippen LogP contribution in [0.3, 0.4) is 0 Å². The maximum absolute atomic E-state index is 14.5. The minimum absolute atomic E-state index is 0.0443. The number of hydrogen-bond acceptors (Lipinski definition) is 4. The first kappa shape index (κ1) is 23.5. The molecule has 4 rings (SSSR count). The second kappa shape index (κ2) is 10.1. The van der Waals surface area contributed by atoms with Crippen LogP contribution >= 0.6 is 0 Å². The van der Waals surface area contributed by atoms with Gasteiger partial charge < -0.3 is 20.5 Å². The molecule has 4 aromatic rings. The van der Waals surface area contributed by atoms with Crippen molar-refractivity contribution >= 4 is 23.2 Å². The summed E-state index contributed by atoms with van der Waals surface area (Å²) in [5.41, 5.74) is 2.56. The smallest absolute Gasteiger partial charge is 0.221 e. The molecule has 0 fully saturated rings. The SMILES string of the molecule is CC(=O)Nc1ccc(-c2cccc(-c3ccc(NC(C)=O)c(Oc4ccccc4)c3)c2O)cc1F. The molecular weight excluding hydrogens is 447 g/mol. The number of aromatic hydroxyl groups is 1. The summed E-state index contributed by atoms with van der Waals surface area (Å²) in [4.78, 5) is 22.9. The summed E-state index contributed by atoms with van der Waals surface area (Å²) in [6, 6.07) is 23.8. The van der Waals surface area contributed by atoms with Crippen LogP contribution in [-0.4, -0.2) is 16.9 Å². The molecule has 0 aliphatic rings. The van der Waals surface area contributed by atoms with Gasteiger partial charge in [0.2, 0.25) is 11.8 Å². The van der Waals surface area contributed by atoms with Gasteiger partial charge in [-0.05, 0) is 47.5 Å². The third kappa shape index (κ3) is 5.47. The molecule has 35 heavy (non-hydrogen) atoms. The summed E-state index contributed by atoms with van der Waals surface area (Å²) in [5.74, 6) is -0.288. The van der Waals surface area contributed by atoms with Gasteiger partial charge in [0.05, 0.1) is 11.4 Å². The molecule has 0 aromatic heterocycles. The van der Waals surface area contributed by atoms with Gasteiger partial charge in [-0.2, -0.15) is 0 Å². The summed E-state index contributed by atoms with van der Waals surface area (Å²) < 4.78 is 20.5. The van der Waals surface area contributed by atoms with Crippen molar-refractivity contribution in [2.75, 3.05) is 10.6 Å². The minimum Gasteiger partial charge on any atom is -0.507 e. The van der Waals surface area contributed by atoms with E-state index in [1.807, 2.05) is 18.2 Å². The zero-order valence-corrected chi connectivity index (χ0v) is 19.1. The molecule has 0 spiro atoms. The van der Waals surface area contributed by atoms with E-state index in [-0.39, 0.29) is 23.3 Å². The lowest BCUT2D eigenvalue weighted by Gasteiger charge is -2.15. The zero-order valence-electron chi connectivity index (χ0n) is 19.1. The molecule has 4 aromatic carbocycles. The third-order valence-corrected chi connectivity index (χ3v) is 5.20. The fourth-order valence-corrected chi connectivity index (χ4v) is 3.67. The summed E-state index contributed by atoms with van der Waals surface area (Å²) >= 11 is 0. The van der Waals surface area contributed by atoms with Gasteiger partial charge in [0.25, 0.3) is 0 Å². The normalized spacial score (nSPS) is 10.5. The number of carbonyl (C=O) groups excluding carboxylic acids is 2. The Bertz CT molecular complexity index is 1400. The van der Waals surface area contributed by atoms with Crippen molar-refractivity contribution < 1.29 is 23.8 Å². The van der Waals surface area contributed by atoms with E-state index in [1.54, 1.807) is 54.6 Å². The average Bonchev–Trinajstić information content (AvgIpc) is 2.82. The molecule has 0 saturated heterocycles. The Hall–Kier alpha value is -4.65. The number of hydrogen-bond donors (Lipinski definition) is 3. The Kier molecular flexibility index (Phi) is 6.78. The summed E-state index contributed by atoms with van der Waals surface area (Å²) in [5, 5.41) is 16.3. The molecule has 0 unspecified atom stereocenters. The monoisotopic (exact) mass is 470 g/mol. The highest BCUT2D eigenvalue weighted by atomic mass is 19.1. The Morgan fingerprint density at radius 3 is 1.91 bits per heavy atom. The van der Waals surface area contributed by atoms with Crippen molar-refractivity contribution in [2.45, 2.75) is 13.8 Å². The van der Waals surface area contributed by atoms with Gasteiger partial charge in [-0.25, -0.2) is 4.39 Å². The highest BCUT2D eigenvalue weighted by molar-refractivity contribution is 5.92. The van der Waals surface area contributed by atoms with E-state index < -0.39 is 5.82 Å². The number of phenols is 1. The average molecular weight is 471 g/mol. The van der Waals surface area contributed by atoms with Crippen LogP contribution in [0.5, 0.6) is 17.2 Å². The first-order valence-electron chi connectivity index (χ1n) is 10.9. The molecule has 0 atom stereocenters. The predicted octanol–water partition coefficient (Wildman–Crippen LogP) is 6.57. The number of nitrogens with one attached hydrogen (secondary N) is 2. The zero-order chi connectivity index (χ0) is 24.9. The highest BCUT2D eigenvalue weighted by Crippen LogP contribution is 2.41. The number of para-hydroxylation sites is 2. The highest BCUT2D eigenvalue weighted by Gasteiger charge is 2.16. The fourth-order valence-electron chi connectivity index (χ4n) is 3.67. The van der Waals surface area contributed by atoms with E-state index in [4.69, 9.17) is 4.74 Å². The summed E-state index contributed by atoms with van der Waals surface area (Å²) in [6.07, 6.45) is 0. The van der Waals surface area contributed by atoms with E-state index in [0.717, 1.165) is 0 Å². The molecular formula is C28H23FN2O4. The molecule has 0 saturated carbocycles. The molecule has 176 valence electrons. The molecule has 0 bridgehead atoms. The molecule has 3 N–H and O–H groups in total. The lowest BCUT2D eigenvalue weighted by molar-refractivity contribution is -0.115. The number of amides is 2. The van der Waals surface area contributed by atoms with Crippen molar-refractivity contribution in [3.05, 3.63) is 90.7 Å². The summed E-state index contributed by atoms with van der Waals surface area (Å²) in [6.45, 7) is 2.71. The van der Waals surface area contributed by atoms with E-state index in [9.17, 15) is 19.1 Å². The van der Waals surface area contributed by atoms with Crippen molar-refractivity contribution in [1.29, 1.82) is 0 Å². The van der Waals surface area contributed by atoms with Crippen LogP contribution in [0.2, 0.25) is 0 Å². The first-order valence-corrected chi connectivity index (χ1v) is 10.9. The standard InChI is InChI=1S/C28H23FN2O4/c1-17(32)30-25-13-11-19(15-24(25)29)22-9-6-10-23(28(22)34)20-12-14-26(31-18(2)33)27(16-20)35-21-7-4-3-5-8-21/h3-16,34H,1-2H3,(H,30,32)(H,31,33). The Labute approximate surface area is 202 Å². The molecule has 0 aliphatic carbocycles. The molecule has 2 amide bonds. The number of phenolic OH excluding ortho intramolecular Hbond substituents is 1. The van der Waals surface area contributed by atoms with Gasteiger partial charge >= 0.3 is 0 Å². The third-order valence-electron chi connectivity index (χ3n) is 5.20. The van der Waals surface area contributed by atoms with Crippen molar-refractivity contribution in [3.8, 4) is 39.5 Å². The summed E-state index contributed by atoms with van der Waals surface area (Å²) in [7, 11) is 0. The Morgan fingerprint density at radius 2 is 1.31 bits per heavy atom. The number of halogens is 1. The van der Waals surface area contributed by atoms with E-state index in [2.05, 4.69) is 10.6 Å². The van der Waals surface area contributed by atoms with Gasteiger partial charge in [-0.15, -0.1) is 0 Å². The van der Waals surface area contributed by atoms with Crippen molar-refractivity contribution in [2.24, 2.45) is 0 Å². The van der Waals surface area contributed by atoms with Crippen LogP contribution in [0, 0.1) is 5.82 Å². The maximum Gasteiger partial charge on any atom is 0.221 e. The first-order chi connectivity index (χ1) is 16.8. The van der Waals surface area contributed by atoms with Crippen LogP contribution < -0.4 is 15.4 Å². The second-order valence-corrected chi connectivity index (χ2v) is 7.88. The van der Waals surface area contributed by atoms with Crippen LogP contribution in [0.15, 0.2) is 84.9 Å². The molecule has 7 heteroatoms. The maximum atomic E-state index is 14.5.